The van der Waals surface area contributed by atoms with Crippen LogP contribution in [0.25, 0.3) is 0 Å². The number of hydrogen-bond acceptors (Lipinski definition) is 4. The summed E-state index contributed by atoms with van der Waals surface area (Å²) < 4.78 is 5.33. The second-order valence-electron chi connectivity index (χ2n) is 4.50. The SMILES string of the molecule is O=C(NCC1CCCOC1)c1ccc(O)c(O)c1. The van der Waals surface area contributed by atoms with Crippen molar-refractivity contribution in [3.8, 4) is 11.5 Å². The van der Waals surface area contributed by atoms with E-state index in [0.29, 0.717) is 24.6 Å². The number of nitrogens with one attached hydrogen (secondary N) is 1. The van der Waals surface area contributed by atoms with Gasteiger partial charge in [-0.3, -0.25) is 4.79 Å². The lowest BCUT2D eigenvalue weighted by Gasteiger charge is -2.22. The standard InChI is InChI=1S/C13H17NO4/c15-11-4-3-10(6-12(11)16)13(17)14-7-9-2-1-5-18-8-9/h3-4,6,9,15-16H,1-2,5,7-8H2,(H,14,17). The summed E-state index contributed by atoms with van der Waals surface area (Å²) in [6.45, 7) is 2.05. The van der Waals surface area contributed by atoms with E-state index in [1.807, 2.05) is 0 Å². The first kappa shape index (κ1) is 12.7. The average molecular weight is 251 g/mol. The van der Waals surface area contributed by atoms with E-state index >= 15 is 0 Å². The minimum atomic E-state index is -0.288. The Kier molecular flexibility index (Phi) is 4.04. The first-order valence-corrected chi connectivity index (χ1v) is 6.05. The molecule has 0 aliphatic carbocycles. The number of benzene rings is 1. The van der Waals surface area contributed by atoms with Crippen LogP contribution in [0.5, 0.6) is 11.5 Å². The summed E-state index contributed by atoms with van der Waals surface area (Å²) in [6.07, 6.45) is 2.08. The van der Waals surface area contributed by atoms with Gasteiger partial charge in [0.2, 0.25) is 0 Å². The van der Waals surface area contributed by atoms with Gasteiger partial charge < -0.3 is 20.3 Å². The summed E-state index contributed by atoms with van der Waals surface area (Å²) in [6, 6.07) is 4.03. The van der Waals surface area contributed by atoms with Crippen LogP contribution in [0, 0.1) is 5.92 Å². The quantitative estimate of drug-likeness (QED) is 0.706. The van der Waals surface area contributed by atoms with Gasteiger partial charge in [-0.2, -0.15) is 0 Å². The molecule has 0 saturated carbocycles. The summed E-state index contributed by atoms with van der Waals surface area (Å²) in [7, 11) is 0. The number of ether oxygens (including phenoxy) is 1. The molecule has 0 radical (unpaired) electrons. The monoisotopic (exact) mass is 251 g/mol. The lowest BCUT2D eigenvalue weighted by Crippen LogP contribution is -2.33. The summed E-state index contributed by atoms with van der Waals surface area (Å²) in [4.78, 5) is 11.8. The van der Waals surface area contributed by atoms with E-state index in [1.165, 1.54) is 18.2 Å². The molecule has 1 aromatic rings. The van der Waals surface area contributed by atoms with Gasteiger partial charge in [0.25, 0.3) is 5.91 Å². The molecule has 0 aromatic heterocycles. The fourth-order valence-electron chi connectivity index (χ4n) is 1.97. The topological polar surface area (TPSA) is 78.8 Å². The third-order valence-corrected chi connectivity index (χ3v) is 3.04. The van der Waals surface area contributed by atoms with Crippen molar-refractivity contribution in [3.63, 3.8) is 0 Å². The predicted octanol–water partition coefficient (Wildman–Crippen LogP) is 1.25. The third-order valence-electron chi connectivity index (χ3n) is 3.04. The highest BCUT2D eigenvalue weighted by atomic mass is 16.5. The van der Waals surface area contributed by atoms with Gasteiger partial charge >= 0.3 is 0 Å². The number of phenolic OH excluding ortho intramolecular Hbond substituents is 2. The summed E-state index contributed by atoms with van der Waals surface area (Å²) >= 11 is 0. The van der Waals surface area contributed by atoms with Crippen LogP contribution >= 0.6 is 0 Å². The van der Waals surface area contributed by atoms with Gasteiger partial charge in [0.05, 0.1) is 6.61 Å². The lowest BCUT2D eigenvalue weighted by molar-refractivity contribution is 0.0536. The Bertz CT molecular complexity index is 427. The molecular formula is C13H17NO4. The zero-order valence-corrected chi connectivity index (χ0v) is 10.1. The maximum atomic E-state index is 11.8. The minimum Gasteiger partial charge on any atom is -0.504 e. The number of hydrogen-bond donors (Lipinski definition) is 3. The minimum absolute atomic E-state index is 0.229. The van der Waals surface area contributed by atoms with Gasteiger partial charge in [0.15, 0.2) is 11.5 Å². The molecule has 1 heterocycles. The number of rotatable bonds is 3. The number of aromatic hydroxyl groups is 2. The normalized spacial score (nSPS) is 19.4. The summed E-state index contributed by atoms with van der Waals surface area (Å²) in [5, 5.41) is 21.3. The molecule has 3 N–H and O–H groups in total. The first-order valence-electron chi connectivity index (χ1n) is 6.05. The molecule has 18 heavy (non-hydrogen) atoms. The van der Waals surface area contributed by atoms with E-state index in [0.717, 1.165) is 19.4 Å². The molecule has 1 aliphatic heterocycles. The van der Waals surface area contributed by atoms with Crippen molar-refractivity contribution in [1.82, 2.24) is 5.32 Å². The van der Waals surface area contributed by atoms with E-state index in [4.69, 9.17) is 9.84 Å². The van der Waals surface area contributed by atoms with Crippen molar-refractivity contribution in [3.05, 3.63) is 23.8 Å². The van der Waals surface area contributed by atoms with E-state index in [9.17, 15) is 9.90 Å². The smallest absolute Gasteiger partial charge is 0.251 e. The van der Waals surface area contributed by atoms with Crippen LogP contribution in [-0.4, -0.2) is 35.9 Å². The number of amides is 1. The Hall–Kier alpha value is -1.75. The Morgan fingerprint density at radius 1 is 1.39 bits per heavy atom. The van der Waals surface area contributed by atoms with E-state index in [-0.39, 0.29) is 17.4 Å². The highest BCUT2D eigenvalue weighted by molar-refractivity contribution is 5.94. The number of carbonyl (C=O) groups excluding carboxylic acids is 1. The van der Waals surface area contributed by atoms with Gasteiger partial charge in [0, 0.05) is 18.7 Å². The second kappa shape index (κ2) is 5.73. The Balaban J connectivity index is 1.88. The molecule has 5 nitrogen and oxygen atoms in total. The molecule has 1 aromatic carbocycles. The average Bonchev–Trinajstić information content (AvgIpc) is 2.40. The van der Waals surface area contributed by atoms with Crippen molar-refractivity contribution in [2.24, 2.45) is 5.92 Å². The third kappa shape index (κ3) is 3.13. The van der Waals surface area contributed by atoms with Gasteiger partial charge in [-0.25, -0.2) is 0 Å². The number of phenols is 2. The molecule has 0 spiro atoms. The highest BCUT2D eigenvalue weighted by Crippen LogP contribution is 2.24. The lowest BCUT2D eigenvalue weighted by atomic mass is 10.0. The molecule has 1 fully saturated rings. The largest absolute Gasteiger partial charge is 0.504 e. The fraction of sp³-hybridized carbons (Fsp3) is 0.462. The molecule has 1 amide bonds. The molecule has 0 bridgehead atoms. The number of carbonyl (C=O) groups is 1. The van der Waals surface area contributed by atoms with Crippen LogP contribution in [0.15, 0.2) is 18.2 Å². The first-order chi connectivity index (χ1) is 8.66. The summed E-state index contributed by atoms with van der Waals surface area (Å²) in [5.74, 6) is -0.417. The van der Waals surface area contributed by atoms with Crippen LogP contribution in [0.2, 0.25) is 0 Å². The van der Waals surface area contributed by atoms with Crippen molar-refractivity contribution in [1.29, 1.82) is 0 Å². The molecule has 5 heteroatoms. The van der Waals surface area contributed by atoms with Crippen LogP contribution in [-0.2, 0) is 4.74 Å². The van der Waals surface area contributed by atoms with Crippen LogP contribution < -0.4 is 5.32 Å². The molecule has 1 atom stereocenters. The fourth-order valence-corrected chi connectivity index (χ4v) is 1.97. The molecule has 98 valence electrons. The second-order valence-corrected chi connectivity index (χ2v) is 4.50. The van der Waals surface area contributed by atoms with Gasteiger partial charge in [-0.15, -0.1) is 0 Å². The van der Waals surface area contributed by atoms with Gasteiger partial charge in [-0.05, 0) is 37.0 Å². The van der Waals surface area contributed by atoms with E-state index in [1.54, 1.807) is 0 Å². The van der Waals surface area contributed by atoms with Crippen molar-refractivity contribution in [2.45, 2.75) is 12.8 Å². The Morgan fingerprint density at radius 2 is 2.22 bits per heavy atom. The summed E-state index contributed by atoms with van der Waals surface area (Å²) in [5.41, 5.74) is 0.335. The van der Waals surface area contributed by atoms with Crippen molar-refractivity contribution < 1.29 is 19.7 Å². The van der Waals surface area contributed by atoms with Crippen LogP contribution in [0.3, 0.4) is 0 Å². The van der Waals surface area contributed by atoms with Crippen LogP contribution in [0.1, 0.15) is 23.2 Å². The molecular weight excluding hydrogens is 234 g/mol. The maximum absolute atomic E-state index is 11.8. The van der Waals surface area contributed by atoms with Crippen molar-refractivity contribution >= 4 is 5.91 Å². The molecule has 1 saturated heterocycles. The van der Waals surface area contributed by atoms with Crippen LogP contribution in [0.4, 0.5) is 0 Å². The Morgan fingerprint density at radius 3 is 2.89 bits per heavy atom. The maximum Gasteiger partial charge on any atom is 0.251 e. The molecule has 1 aliphatic rings. The van der Waals surface area contributed by atoms with E-state index in [2.05, 4.69) is 5.32 Å². The predicted molar refractivity (Wildman–Crippen MR) is 65.6 cm³/mol. The van der Waals surface area contributed by atoms with Gasteiger partial charge in [-0.1, -0.05) is 0 Å². The zero-order chi connectivity index (χ0) is 13.0. The molecule has 2 rings (SSSR count). The van der Waals surface area contributed by atoms with Gasteiger partial charge in [0.1, 0.15) is 0 Å². The molecule has 1 unspecified atom stereocenters. The Labute approximate surface area is 105 Å². The van der Waals surface area contributed by atoms with Crippen molar-refractivity contribution in [2.75, 3.05) is 19.8 Å². The highest BCUT2D eigenvalue weighted by Gasteiger charge is 2.15. The zero-order valence-electron chi connectivity index (χ0n) is 10.1. The van der Waals surface area contributed by atoms with E-state index < -0.39 is 0 Å².